The van der Waals surface area contributed by atoms with Gasteiger partial charge in [-0.3, -0.25) is 14.0 Å². The van der Waals surface area contributed by atoms with Crippen LogP contribution in [0.5, 0.6) is 0 Å². The lowest BCUT2D eigenvalue weighted by molar-refractivity contribution is -0.116. The van der Waals surface area contributed by atoms with E-state index < -0.39 is 0 Å². The van der Waals surface area contributed by atoms with Crippen LogP contribution in [-0.4, -0.2) is 39.7 Å². The van der Waals surface area contributed by atoms with Crippen LogP contribution in [0.15, 0.2) is 48.2 Å². The molecule has 0 fully saturated rings. The second kappa shape index (κ2) is 5.98. The number of likely N-dealkylation sites (N-methyl/N-ethyl adjacent to an activating group) is 1. The third-order valence-corrected chi connectivity index (χ3v) is 4.04. The molecule has 2 aromatic heterocycles. The lowest BCUT2D eigenvalue weighted by Gasteiger charge is -2.16. The smallest absolute Gasteiger partial charge is 0.271 e. The van der Waals surface area contributed by atoms with E-state index in [-0.39, 0.29) is 18.4 Å². The molecular formula is C15H14N4O2S. The molecule has 22 heavy (non-hydrogen) atoms. The molecule has 0 atom stereocenters. The molecule has 0 aliphatic heterocycles. The van der Waals surface area contributed by atoms with E-state index in [0.29, 0.717) is 11.4 Å². The van der Waals surface area contributed by atoms with Crippen LogP contribution in [-0.2, 0) is 4.79 Å². The minimum Gasteiger partial charge on any atom is -0.331 e. The summed E-state index contributed by atoms with van der Waals surface area (Å²) in [5.41, 5.74) is 1.22. The summed E-state index contributed by atoms with van der Waals surface area (Å²) < 4.78 is 1.72. The summed E-state index contributed by atoms with van der Waals surface area (Å²) in [7, 11) is 1.60. The summed E-state index contributed by atoms with van der Waals surface area (Å²) in [5, 5.41) is 4.52. The van der Waals surface area contributed by atoms with Crippen LogP contribution in [0.1, 0.15) is 10.5 Å². The highest BCUT2D eigenvalue weighted by atomic mass is 32.1. The average molecular weight is 314 g/mol. The summed E-state index contributed by atoms with van der Waals surface area (Å²) in [4.78, 5) is 30.7. The molecule has 1 aromatic carbocycles. The van der Waals surface area contributed by atoms with Crippen molar-refractivity contribution in [1.82, 2.24) is 14.3 Å². The zero-order chi connectivity index (χ0) is 15.5. The van der Waals surface area contributed by atoms with Gasteiger partial charge in [-0.25, -0.2) is 4.98 Å². The van der Waals surface area contributed by atoms with Crippen molar-refractivity contribution >= 4 is 33.7 Å². The molecule has 2 heterocycles. The monoisotopic (exact) mass is 314 g/mol. The average Bonchev–Trinajstić information content (AvgIpc) is 3.10. The fourth-order valence-electron chi connectivity index (χ4n) is 2.08. The summed E-state index contributed by atoms with van der Waals surface area (Å²) in [6, 6.07) is 9.15. The lowest BCUT2D eigenvalue weighted by atomic mass is 10.3. The van der Waals surface area contributed by atoms with Gasteiger partial charge in [-0.1, -0.05) is 18.2 Å². The first kappa shape index (κ1) is 14.3. The Morgan fingerprint density at radius 2 is 2.09 bits per heavy atom. The number of benzene rings is 1. The SMILES string of the molecule is CN(CC(=O)Nc1ccccc1)C(=O)c1csc2cncn12. The van der Waals surface area contributed by atoms with E-state index >= 15 is 0 Å². The van der Waals surface area contributed by atoms with Crippen molar-refractivity contribution < 1.29 is 9.59 Å². The van der Waals surface area contributed by atoms with Crippen molar-refractivity contribution in [3.63, 3.8) is 0 Å². The molecule has 2 amide bonds. The van der Waals surface area contributed by atoms with Gasteiger partial charge in [0.2, 0.25) is 5.91 Å². The summed E-state index contributed by atoms with van der Waals surface area (Å²) in [5.74, 6) is -0.452. The Balaban J connectivity index is 1.66. The van der Waals surface area contributed by atoms with Gasteiger partial charge in [-0.2, -0.15) is 0 Å². The number of hydrogen-bond donors (Lipinski definition) is 1. The topological polar surface area (TPSA) is 66.7 Å². The normalized spacial score (nSPS) is 10.6. The third kappa shape index (κ3) is 2.84. The summed E-state index contributed by atoms with van der Waals surface area (Å²) in [6.07, 6.45) is 3.29. The predicted molar refractivity (Wildman–Crippen MR) is 85.1 cm³/mol. The van der Waals surface area contributed by atoms with Gasteiger partial charge in [0.05, 0.1) is 12.7 Å². The van der Waals surface area contributed by atoms with Crippen molar-refractivity contribution in [2.24, 2.45) is 0 Å². The van der Waals surface area contributed by atoms with Crippen LogP contribution in [0, 0.1) is 0 Å². The zero-order valence-electron chi connectivity index (χ0n) is 11.9. The van der Waals surface area contributed by atoms with Crippen molar-refractivity contribution in [2.45, 2.75) is 0 Å². The molecule has 0 unspecified atom stereocenters. The van der Waals surface area contributed by atoms with Gasteiger partial charge < -0.3 is 10.2 Å². The van der Waals surface area contributed by atoms with Crippen LogP contribution in [0.25, 0.3) is 4.83 Å². The quantitative estimate of drug-likeness (QED) is 0.802. The van der Waals surface area contributed by atoms with Gasteiger partial charge in [0.15, 0.2) is 0 Å². The Morgan fingerprint density at radius 1 is 1.32 bits per heavy atom. The molecule has 0 bridgehead atoms. The van der Waals surface area contributed by atoms with Crippen molar-refractivity contribution in [3.8, 4) is 0 Å². The van der Waals surface area contributed by atoms with E-state index in [1.54, 1.807) is 41.5 Å². The van der Waals surface area contributed by atoms with E-state index in [0.717, 1.165) is 4.83 Å². The molecule has 3 aromatic rings. The second-order valence-corrected chi connectivity index (χ2v) is 5.69. The number of carbonyl (C=O) groups is 2. The van der Waals surface area contributed by atoms with Gasteiger partial charge in [0.1, 0.15) is 16.9 Å². The molecule has 0 saturated heterocycles. The first-order valence-electron chi connectivity index (χ1n) is 6.65. The molecule has 1 N–H and O–H groups in total. The van der Waals surface area contributed by atoms with Crippen molar-refractivity contribution in [3.05, 3.63) is 53.9 Å². The summed E-state index contributed by atoms with van der Waals surface area (Å²) >= 11 is 1.44. The number of anilines is 1. The highest BCUT2D eigenvalue weighted by Crippen LogP contribution is 2.17. The molecule has 0 spiro atoms. The van der Waals surface area contributed by atoms with E-state index in [1.165, 1.54) is 16.2 Å². The molecule has 7 heteroatoms. The molecule has 6 nitrogen and oxygen atoms in total. The highest BCUT2D eigenvalue weighted by molar-refractivity contribution is 7.15. The molecule has 0 saturated carbocycles. The largest absolute Gasteiger partial charge is 0.331 e. The van der Waals surface area contributed by atoms with Gasteiger partial charge in [-0.15, -0.1) is 11.3 Å². The molecular weight excluding hydrogens is 300 g/mol. The fraction of sp³-hybridized carbons (Fsp3) is 0.133. The lowest BCUT2D eigenvalue weighted by Crippen LogP contribution is -2.35. The number of imidazole rings is 1. The number of hydrogen-bond acceptors (Lipinski definition) is 4. The van der Waals surface area contributed by atoms with Crippen molar-refractivity contribution in [1.29, 1.82) is 0 Å². The number of para-hydroxylation sites is 1. The van der Waals surface area contributed by atoms with Crippen LogP contribution in [0.3, 0.4) is 0 Å². The number of nitrogens with zero attached hydrogens (tertiary/aromatic N) is 3. The number of thiazole rings is 1. The van der Waals surface area contributed by atoms with Gasteiger partial charge in [0, 0.05) is 18.1 Å². The number of aromatic nitrogens is 2. The Labute approximate surface area is 131 Å². The Morgan fingerprint density at radius 3 is 2.86 bits per heavy atom. The van der Waals surface area contributed by atoms with Crippen LogP contribution in [0.4, 0.5) is 5.69 Å². The summed E-state index contributed by atoms with van der Waals surface area (Å²) in [6.45, 7) is -0.0141. The molecule has 0 aliphatic carbocycles. The molecule has 0 aliphatic rings. The van der Waals surface area contributed by atoms with Gasteiger partial charge in [0.25, 0.3) is 5.91 Å². The van der Waals surface area contributed by atoms with E-state index in [2.05, 4.69) is 10.3 Å². The Hall–Kier alpha value is -2.67. The van der Waals surface area contributed by atoms with Gasteiger partial charge >= 0.3 is 0 Å². The van der Waals surface area contributed by atoms with Crippen LogP contribution >= 0.6 is 11.3 Å². The number of amides is 2. The molecule has 3 rings (SSSR count). The standard InChI is InChI=1S/C15H14N4O2S/c1-18(8-13(20)17-11-5-3-2-4-6-11)15(21)12-9-22-14-7-16-10-19(12)14/h2-7,9-10H,8H2,1H3,(H,17,20). The number of nitrogens with one attached hydrogen (secondary N) is 1. The maximum Gasteiger partial charge on any atom is 0.271 e. The van der Waals surface area contributed by atoms with Gasteiger partial charge in [-0.05, 0) is 12.1 Å². The number of fused-ring (bicyclic) bond motifs is 1. The molecule has 112 valence electrons. The second-order valence-electron chi connectivity index (χ2n) is 4.80. The maximum absolute atomic E-state index is 12.4. The van der Waals surface area contributed by atoms with E-state index in [1.807, 2.05) is 18.2 Å². The minimum absolute atomic E-state index is 0.0141. The van der Waals surface area contributed by atoms with E-state index in [9.17, 15) is 9.59 Å². The maximum atomic E-state index is 12.4. The molecule has 0 radical (unpaired) electrons. The fourth-order valence-corrected chi connectivity index (χ4v) is 2.91. The number of rotatable bonds is 4. The van der Waals surface area contributed by atoms with E-state index in [4.69, 9.17) is 0 Å². The highest BCUT2D eigenvalue weighted by Gasteiger charge is 2.18. The predicted octanol–water partition coefficient (Wildman–Crippen LogP) is 2.11. The third-order valence-electron chi connectivity index (χ3n) is 3.16. The Bertz CT molecular complexity index is 809. The Kier molecular flexibility index (Phi) is 3.88. The van der Waals surface area contributed by atoms with Crippen LogP contribution < -0.4 is 5.32 Å². The van der Waals surface area contributed by atoms with Crippen molar-refractivity contribution in [2.75, 3.05) is 18.9 Å². The minimum atomic E-state index is -0.237. The first-order chi connectivity index (χ1) is 10.6. The first-order valence-corrected chi connectivity index (χ1v) is 7.53. The van der Waals surface area contributed by atoms with Crippen LogP contribution in [0.2, 0.25) is 0 Å². The number of carbonyl (C=O) groups excluding carboxylic acids is 2. The zero-order valence-corrected chi connectivity index (χ0v) is 12.7.